The van der Waals surface area contributed by atoms with Crippen LogP contribution in [0.25, 0.3) is 0 Å². The Kier molecular flexibility index (Phi) is 4.55. The molecule has 1 heterocycles. The zero-order valence-electron chi connectivity index (χ0n) is 15.4. The van der Waals surface area contributed by atoms with Crippen LogP contribution in [0.5, 0.6) is 0 Å². The van der Waals surface area contributed by atoms with Gasteiger partial charge in [-0.05, 0) is 36.4 Å². The van der Waals surface area contributed by atoms with Crippen LogP contribution in [0, 0.1) is 5.82 Å². The van der Waals surface area contributed by atoms with Gasteiger partial charge in [0.15, 0.2) is 5.78 Å². The first-order chi connectivity index (χ1) is 13.8. The van der Waals surface area contributed by atoms with E-state index in [1.54, 1.807) is 30.3 Å². The second kappa shape index (κ2) is 6.93. The predicted octanol–water partition coefficient (Wildman–Crippen LogP) is 3.48. The van der Waals surface area contributed by atoms with Crippen molar-refractivity contribution in [2.24, 2.45) is 0 Å². The monoisotopic (exact) mass is 409 g/mol. The van der Waals surface area contributed by atoms with Crippen LogP contribution >= 0.6 is 0 Å². The number of hydrogen-bond acceptors (Lipinski definition) is 4. The number of benzene rings is 3. The Hall–Kier alpha value is -3.32. The first kappa shape index (κ1) is 19.0. The van der Waals surface area contributed by atoms with E-state index in [4.69, 9.17) is 0 Å². The molecule has 4 rings (SSSR count). The second-order valence-corrected chi connectivity index (χ2v) is 8.68. The standard InChI is InChI=1S/C22H16FNO4S/c1-24(13-15-6-2-4-8-18(15)23)22(26)14-10-11-17-20(12-14)29(27,28)19-9-5-3-7-16(19)21(17)25/h2-12H,13H2,1H3. The topological polar surface area (TPSA) is 71.5 Å². The van der Waals surface area contributed by atoms with E-state index < -0.39 is 27.3 Å². The van der Waals surface area contributed by atoms with Crippen LogP contribution in [0.1, 0.15) is 31.8 Å². The van der Waals surface area contributed by atoms with Crippen LogP contribution in [0.4, 0.5) is 4.39 Å². The molecule has 0 N–H and O–H groups in total. The van der Waals surface area contributed by atoms with Crippen molar-refractivity contribution in [3.8, 4) is 0 Å². The molecule has 1 aliphatic heterocycles. The third kappa shape index (κ3) is 3.13. The fourth-order valence-electron chi connectivity index (χ4n) is 3.39. The van der Waals surface area contributed by atoms with Crippen LogP contribution in [-0.4, -0.2) is 32.1 Å². The predicted molar refractivity (Wildman–Crippen MR) is 104 cm³/mol. The number of hydrogen-bond donors (Lipinski definition) is 0. The summed E-state index contributed by atoms with van der Waals surface area (Å²) < 4.78 is 39.9. The summed E-state index contributed by atoms with van der Waals surface area (Å²) in [5.41, 5.74) is 0.615. The van der Waals surface area contributed by atoms with Crippen molar-refractivity contribution in [2.45, 2.75) is 16.3 Å². The number of ketones is 1. The van der Waals surface area contributed by atoms with Gasteiger partial charge >= 0.3 is 0 Å². The van der Waals surface area contributed by atoms with Gasteiger partial charge in [0.25, 0.3) is 5.91 Å². The molecular weight excluding hydrogens is 393 g/mol. The van der Waals surface area contributed by atoms with Crippen molar-refractivity contribution >= 4 is 21.5 Å². The zero-order valence-corrected chi connectivity index (χ0v) is 16.2. The van der Waals surface area contributed by atoms with Crippen LogP contribution in [-0.2, 0) is 16.4 Å². The van der Waals surface area contributed by atoms with Gasteiger partial charge in [0.2, 0.25) is 9.84 Å². The van der Waals surface area contributed by atoms with Crippen molar-refractivity contribution in [1.29, 1.82) is 0 Å². The fourth-order valence-corrected chi connectivity index (χ4v) is 5.07. The Labute approximate surface area is 167 Å². The SMILES string of the molecule is CN(Cc1ccccc1F)C(=O)c1ccc2c(c1)S(=O)(=O)c1ccccc1C2=O. The van der Waals surface area contributed by atoms with Gasteiger partial charge in [-0.1, -0.05) is 30.3 Å². The van der Waals surface area contributed by atoms with Crippen LogP contribution < -0.4 is 0 Å². The van der Waals surface area contributed by atoms with Crippen molar-refractivity contribution in [3.63, 3.8) is 0 Å². The first-order valence-electron chi connectivity index (χ1n) is 8.82. The summed E-state index contributed by atoms with van der Waals surface area (Å²) in [6, 6.07) is 16.1. The highest BCUT2D eigenvalue weighted by Gasteiger charge is 2.35. The zero-order chi connectivity index (χ0) is 20.8. The maximum Gasteiger partial charge on any atom is 0.253 e. The molecule has 0 unspecified atom stereocenters. The number of sulfone groups is 1. The molecule has 0 atom stereocenters. The Balaban J connectivity index is 1.71. The normalized spacial score (nSPS) is 14.1. The van der Waals surface area contributed by atoms with Gasteiger partial charge in [0.05, 0.1) is 9.79 Å². The molecule has 29 heavy (non-hydrogen) atoms. The summed E-state index contributed by atoms with van der Waals surface area (Å²) in [6.07, 6.45) is 0. The van der Waals surface area contributed by atoms with E-state index in [-0.39, 0.29) is 33.0 Å². The maximum absolute atomic E-state index is 13.9. The summed E-state index contributed by atoms with van der Waals surface area (Å²) in [5, 5.41) is 0. The summed E-state index contributed by atoms with van der Waals surface area (Å²) in [6.45, 7) is 0.0249. The minimum atomic E-state index is -3.93. The molecule has 5 nitrogen and oxygen atoms in total. The van der Waals surface area contributed by atoms with Gasteiger partial charge in [0.1, 0.15) is 5.82 Å². The van der Waals surface area contributed by atoms with Crippen molar-refractivity contribution in [1.82, 2.24) is 4.90 Å². The van der Waals surface area contributed by atoms with Crippen molar-refractivity contribution in [2.75, 3.05) is 7.05 Å². The number of carbonyl (C=O) groups excluding carboxylic acids is 2. The molecule has 146 valence electrons. The highest BCUT2D eigenvalue weighted by molar-refractivity contribution is 7.91. The van der Waals surface area contributed by atoms with E-state index in [1.165, 1.54) is 48.3 Å². The minimum absolute atomic E-state index is 0.0249. The Morgan fingerprint density at radius 1 is 0.931 bits per heavy atom. The molecule has 0 aromatic heterocycles. The summed E-state index contributed by atoms with van der Waals surface area (Å²) in [5.74, 6) is -1.30. The molecule has 3 aromatic carbocycles. The fraction of sp³-hybridized carbons (Fsp3) is 0.0909. The summed E-state index contributed by atoms with van der Waals surface area (Å²) >= 11 is 0. The molecule has 1 aliphatic rings. The van der Waals surface area contributed by atoms with Gasteiger partial charge < -0.3 is 4.90 Å². The van der Waals surface area contributed by atoms with E-state index in [0.29, 0.717) is 5.56 Å². The molecule has 0 radical (unpaired) electrons. The highest BCUT2D eigenvalue weighted by atomic mass is 32.2. The molecule has 0 fully saturated rings. The molecular formula is C22H16FNO4S. The van der Waals surface area contributed by atoms with E-state index in [2.05, 4.69) is 0 Å². The quantitative estimate of drug-likeness (QED) is 0.519. The maximum atomic E-state index is 13.9. The van der Waals surface area contributed by atoms with Gasteiger partial charge in [-0.25, -0.2) is 12.8 Å². The molecule has 3 aromatic rings. The molecule has 7 heteroatoms. The average Bonchev–Trinajstić information content (AvgIpc) is 2.73. The van der Waals surface area contributed by atoms with E-state index in [0.717, 1.165) is 0 Å². The molecule has 1 amide bonds. The van der Waals surface area contributed by atoms with E-state index >= 15 is 0 Å². The molecule has 0 saturated carbocycles. The minimum Gasteiger partial charge on any atom is -0.337 e. The lowest BCUT2D eigenvalue weighted by molar-refractivity contribution is 0.0783. The van der Waals surface area contributed by atoms with Gasteiger partial charge in [-0.3, -0.25) is 9.59 Å². The third-order valence-electron chi connectivity index (χ3n) is 4.90. The summed E-state index contributed by atoms with van der Waals surface area (Å²) in [4.78, 5) is 26.5. The average molecular weight is 409 g/mol. The number of amides is 1. The highest BCUT2D eigenvalue weighted by Crippen LogP contribution is 2.35. The third-order valence-corrected chi connectivity index (χ3v) is 6.75. The largest absolute Gasteiger partial charge is 0.337 e. The lowest BCUT2D eigenvalue weighted by Gasteiger charge is -2.21. The Morgan fingerprint density at radius 3 is 2.34 bits per heavy atom. The van der Waals surface area contributed by atoms with Gasteiger partial charge in [-0.2, -0.15) is 0 Å². The first-order valence-corrected chi connectivity index (χ1v) is 10.3. The van der Waals surface area contributed by atoms with Crippen molar-refractivity contribution < 1.29 is 22.4 Å². The van der Waals surface area contributed by atoms with Crippen LogP contribution in [0.3, 0.4) is 0 Å². The number of rotatable bonds is 3. The Morgan fingerprint density at radius 2 is 1.59 bits per heavy atom. The van der Waals surface area contributed by atoms with Gasteiger partial charge in [-0.15, -0.1) is 0 Å². The smallest absolute Gasteiger partial charge is 0.253 e. The number of fused-ring (bicyclic) bond motifs is 2. The second-order valence-electron chi connectivity index (χ2n) is 6.79. The van der Waals surface area contributed by atoms with Crippen molar-refractivity contribution in [3.05, 3.63) is 94.8 Å². The summed E-state index contributed by atoms with van der Waals surface area (Å²) in [7, 11) is -2.43. The molecule has 0 bridgehead atoms. The van der Waals surface area contributed by atoms with E-state index in [9.17, 15) is 22.4 Å². The molecule has 0 aliphatic carbocycles. The lowest BCUT2D eigenvalue weighted by atomic mass is 10.0. The molecule has 0 saturated heterocycles. The number of nitrogens with zero attached hydrogens (tertiary/aromatic N) is 1. The van der Waals surface area contributed by atoms with Crippen LogP contribution in [0.2, 0.25) is 0 Å². The number of carbonyl (C=O) groups is 2. The Bertz CT molecular complexity index is 1270. The van der Waals surface area contributed by atoms with Crippen LogP contribution in [0.15, 0.2) is 76.5 Å². The molecule has 0 spiro atoms. The lowest BCUT2D eigenvalue weighted by Crippen LogP contribution is -2.27. The van der Waals surface area contributed by atoms with E-state index in [1.807, 2.05) is 0 Å². The number of halogens is 1. The van der Waals surface area contributed by atoms with Gasteiger partial charge in [0, 0.05) is 35.8 Å².